The molecule has 28 heavy (non-hydrogen) atoms. The fourth-order valence-electron chi connectivity index (χ4n) is 3.13. The molecule has 3 amide bonds. The van der Waals surface area contributed by atoms with E-state index in [2.05, 4.69) is 15.5 Å². The van der Waals surface area contributed by atoms with Crippen LogP contribution in [-0.2, 0) is 0 Å². The molecule has 0 radical (unpaired) electrons. The van der Waals surface area contributed by atoms with Crippen LogP contribution in [0.15, 0.2) is 48.5 Å². The highest BCUT2D eigenvalue weighted by Gasteiger charge is 2.20. The van der Waals surface area contributed by atoms with E-state index in [1.165, 1.54) is 0 Å². The molecule has 1 heterocycles. The molecule has 0 atom stereocenters. The molecule has 1 aliphatic rings. The summed E-state index contributed by atoms with van der Waals surface area (Å²) in [5.41, 5.74) is 2.40. The second-order valence-corrected chi connectivity index (χ2v) is 6.54. The fraction of sp³-hybridized carbons (Fsp3) is 0.333. The lowest BCUT2D eigenvalue weighted by Crippen LogP contribution is -2.51. The maximum absolute atomic E-state index is 12.3. The number of anilines is 2. The Labute approximate surface area is 165 Å². The molecule has 1 saturated heterocycles. The Bertz CT molecular complexity index is 797. The summed E-state index contributed by atoms with van der Waals surface area (Å²) in [5.74, 6) is 0.555. The topological polar surface area (TPSA) is 73.9 Å². The molecule has 7 heteroatoms. The van der Waals surface area contributed by atoms with Crippen molar-refractivity contribution < 1.29 is 14.3 Å². The van der Waals surface area contributed by atoms with Crippen LogP contribution in [0.3, 0.4) is 0 Å². The molecular formula is C21H26N4O3. The van der Waals surface area contributed by atoms with Crippen molar-refractivity contribution >= 4 is 23.3 Å². The summed E-state index contributed by atoms with van der Waals surface area (Å²) in [6, 6.07) is 14.8. The van der Waals surface area contributed by atoms with Gasteiger partial charge in [0.05, 0.1) is 7.11 Å². The molecule has 2 aromatic rings. The molecule has 7 nitrogen and oxygen atoms in total. The van der Waals surface area contributed by atoms with Gasteiger partial charge in [0.1, 0.15) is 5.75 Å². The van der Waals surface area contributed by atoms with E-state index in [9.17, 15) is 9.59 Å². The van der Waals surface area contributed by atoms with Gasteiger partial charge >= 0.3 is 6.03 Å². The summed E-state index contributed by atoms with van der Waals surface area (Å²) in [5, 5.41) is 5.74. The van der Waals surface area contributed by atoms with Crippen molar-refractivity contribution in [2.45, 2.75) is 6.92 Å². The normalized spacial score (nSPS) is 13.8. The van der Waals surface area contributed by atoms with Gasteiger partial charge in [-0.2, -0.15) is 0 Å². The highest BCUT2D eigenvalue weighted by atomic mass is 16.5. The van der Waals surface area contributed by atoms with E-state index in [-0.39, 0.29) is 11.9 Å². The molecule has 148 valence electrons. The summed E-state index contributed by atoms with van der Waals surface area (Å²) in [6.07, 6.45) is 0. The quantitative estimate of drug-likeness (QED) is 0.834. The van der Waals surface area contributed by atoms with E-state index >= 15 is 0 Å². The Hall–Kier alpha value is -3.22. The third-order valence-electron chi connectivity index (χ3n) is 4.74. The second kappa shape index (κ2) is 9.12. The van der Waals surface area contributed by atoms with Crippen molar-refractivity contribution in [2.24, 2.45) is 0 Å². The van der Waals surface area contributed by atoms with Crippen LogP contribution in [0.2, 0.25) is 0 Å². The lowest BCUT2D eigenvalue weighted by atomic mass is 10.2. The van der Waals surface area contributed by atoms with Crippen LogP contribution in [0.5, 0.6) is 5.75 Å². The van der Waals surface area contributed by atoms with E-state index in [0.717, 1.165) is 24.5 Å². The third kappa shape index (κ3) is 4.73. The number of ether oxygens (including phenoxy) is 1. The standard InChI is InChI=1S/C21H26N4O3/c1-3-22-21(27)25-14-12-24(13-15-25)18-8-6-17(7-9-18)23-20(26)16-4-10-19(28-2)11-5-16/h4-11H,3,12-15H2,1-2H3,(H,22,27)(H,23,26). The lowest BCUT2D eigenvalue weighted by molar-refractivity contribution is 0.102. The number of methoxy groups -OCH3 is 1. The highest BCUT2D eigenvalue weighted by molar-refractivity contribution is 6.04. The van der Waals surface area contributed by atoms with Gasteiger partial charge in [0.25, 0.3) is 5.91 Å². The van der Waals surface area contributed by atoms with Crippen LogP contribution in [-0.4, -0.2) is 56.7 Å². The van der Waals surface area contributed by atoms with Crippen LogP contribution in [0.4, 0.5) is 16.2 Å². The Morgan fingerprint density at radius 1 is 0.964 bits per heavy atom. The summed E-state index contributed by atoms with van der Waals surface area (Å²) >= 11 is 0. The molecule has 1 fully saturated rings. The Kier molecular flexibility index (Phi) is 6.37. The average molecular weight is 382 g/mol. The number of rotatable bonds is 5. The van der Waals surface area contributed by atoms with E-state index in [1.807, 2.05) is 36.1 Å². The molecule has 0 spiro atoms. The summed E-state index contributed by atoms with van der Waals surface area (Å²) < 4.78 is 5.11. The van der Waals surface area contributed by atoms with Crippen LogP contribution in [0, 0.1) is 0 Å². The zero-order valence-corrected chi connectivity index (χ0v) is 16.3. The minimum absolute atomic E-state index is 0.00116. The first-order chi connectivity index (χ1) is 13.6. The summed E-state index contributed by atoms with van der Waals surface area (Å²) in [6.45, 7) is 5.53. The monoisotopic (exact) mass is 382 g/mol. The molecule has 0 unspecified atom stereocenters. The number of amides is 3. The average Bonchev–Trinajstić information content (AvgIpc) is 2.74. The van der Waals surface area contributed by atoms with Gasteiger partial charge in [-0.15, -0.1) is 0 Å². The predicted octanol–water partition coefficient (Wildman–Crippen LogP) is 2.80. The minimum atomic E-state index is -0.161. The maximum atomic E-state index is 12.3. The number of carbonyl (C=O) groups excluding carboxylic acids is 2. The van der Waals surface area contributed by atoms with Gasteiger partial charge in [0.2, 0.25) is 0 Å². The van der Waals surface area contributed by atoms with Crippen LogP contribution in [0.25, 0.3) is 0 Å². The van der Waals surface area contributed by atoms with E-state index in [4.69, 9.17) is 4.74 Å². The van der Waals surface area contributed by atoms with E-state index in [0.29, 0.717) is 30.9 Å². The van der Waals surface area contributed by atoms with Gasteiger partial charge in [-0.1, -0.05) is 0 Å². The zero-order chi connectivity index (χ0) is 19.9. The minimum Gasteiger partial charge on any atom is -0.497 e. The molecule has 0 saturated carbocycles. The van der Waals surface area contributed by atoms with Crippen LogP contribution in [0.1, 0.15) is 17.3 Å². The third-order valence-corrected chi connectivity index (χ3v) is 4.74. The number of hydrogen-bond acceptors (Lipinski definition) is 4. The zero-order valence-electron chi connectivity index (χ0n) is 16.3. The van der Waals surface area contributed by atoms with Gasteiger partial charge in [-0.3, -0.25) is 4.79 Å². The molecule has 0 aliphatic carbocycles. The molecule has 0 aromatic heterocycles. The van der Waals surface area contributed by atoms with Crippen molar-refractivity contribution in [3.05, 3.63) is 54.1 Å². The molecule has 2 aromatic carbocycles. The molecular weight excluding hydrogens is 356 g/mol. The highest BCUT2D eigenvalue weighted by Crippen LogP contribution is 2.20. The first-order valence-corrected chi connectivity index (χ1v) is 9.44. The lowest BCUT2D eigenvalue weighted by Gasteiger charge is -2.36. The number of carbonyl (C=O) groups is 2. The van der Waals surface area contributed by atoms with Gasteiger partial charge in [-0.05, 0) is 55.5 Å². The molecule has 1 aliphatic heterocycles. The van der Waals surface area contributed by atoms with Gasteiger partial charge in [0.15, 0.2) is 0 Å². The number of hydrogen-bond donors (Lipinski definition) is 2. The maximum Gasteiger partial charge on any atom is 0.317 e. The number of piperazine rings is 1. The first-order valence-electron chi connectivity index (χ1n) is 9.44. The van der Waals surface area contributed by atoms with Crippen LogP contribution < -0.4 is 20.3 Å². The van der Waals surface area contributed by atoms with Crippen molar-refractivity contribution in [3.8, 4) is 5.75 Å². The predicted molar refractivity (Wildman–Crippen MR) is 110 cm³/mol. The Morgan fingerprint density at radius 2 is 1.61 bits per heavy atom. The second-order valence-electron chi connectivity index (χ2n) is 6.54. The van der Waals surface area contributed by atoms with Crippen molar-refractivity contribution in [1.29, 1.82) is 0 Å². The fourth-order valence-corrected chi connectivity index (χ4v) is 3.13. The number of nitrogens with zero attached hydrogens (tertiary/aromatic N) is 2. The Balaban J connectivity index is 1.55. The smallest absolute Gasteiger partial charge is 0.317 e. The van der Waals surface area contributed by atoms with Crippen molar-refractivity contribution in [2.75, 3.05) is 50.1 Å². The largest absolute Gasteiger partial charge is 0.497 e. The van der Waals surface area contributed by atoms with Gasteiger partial charge < -0.3 is 25.2 Å². The molecule has 3 rings (SSSR count). The molecule has 0 bridgehead atoms. The van der Waals surface area contributed by atoms with Crippen LogP contribution >= 0.6 is 0 Å². The van der Waals surface area contributed by atoms with Gasteiger partial charge in [-0.25, -0.2) is 4.79 Å². The van der Waals surface area contributed by atoms with E-state index < -0.39 is 0 Å². The van der Waals surface area contributed by atoms with Crippen molar-refractivity contribution in [3.63, 3.8) is 0 Å². The number of nitrogens with one attached hydrogen (secondary N) is 2. The summed E-state index contributed by atoms with van der Waals surface area (Å²) in [7, 11) is 1.59. The first kappa shape index (κ1) is 19.5. The van der Waals surface area contributed by atoms with Gasteiger partial charge in [0, 0.05) is 49.7 Å². The van der Waals surface area contributed by atoms with E-state index in [1.54, 1.807) is 31.4 Å². The summed E-state index contributed by atoms with van der Waals surface area (Å²) in [4.78, 5) is 28.3. The molecule has 2 N–H and O–H groups in total. The number of benzene rings is 2. The van der Waals surface area contributed by atoms with Crippen molar-refractivity contribution in [1.82, 2.24) is 10.2 Å². The SMILES string of the molecule is CCNC(=O)N1CCN(c2ccc(NC(=O)c3ccc(OC)cc3)cc2)CC1. The Morgan fingerprint density at radius 3 is 2.18 bits per heavy atom. The number of urea groups is 1.